The third-order valence-corrected chi connectivity index (χ3v) is 5.35. The van der Waals surface area contributed by atoms with Crippen LogP contribution in [0.15, 0.2) is 24.4 Å². The molecule has 0 aliphatic carbocycles. The number of nitrogens with one attached hydrogen (secondary N) is 3. The van der Waals surface area contributed by atoms with E-state index in [1.165, 1.54) is 6.20 Å². The molecule has 1 aliphatic heterocycles. The van der Waals surface area contributed by atoms with Crippen molar-refractivity contribution in [2.45, 2.75) is 13.8 Å². The summed E-state index contributed by atoms with van der Waals surface area (Å²) in [6, 6.07) is 5.18. The zero-order chi connectivity index (χ0) is 21.3. The number of aromatic nitrogens is 4. The Balaban J connectivity index is 1.54. The Morgan fingerprint density at radius 1 is 1.10 bits per heavy atom. The topological polar surface area (TPSA) is 85.0 Å². The van der Waals surface area contributed by atoms with E-state index < -0.39 is 0 Å². The number of H-pyrrole nitrogens is 1. The molecule has 1 aliphatic rings. The van der Waals surface area contributed by atoms with Crippen LogP contribution in [-0.4, -0.2) is 58.3 Å². The van der Waals surface area contributed by atoms with E-state index in [4.69, 9.17) is 11.6 Å². The Bertz CT molecular complexity index is 1050. The summed E-state index contributed by atoms with van der Waals surface area (Å²) in [4.78, 5) is 13.0. The first kappa shape index (κ1) is 20.4. The summed E-state index contributed by atoms with van der Waals surface area (Å²) in [7, 11) is 2.10. The molecule has 4 rings (SSSR count). The molecule has 0 amide bonds. The number of hydrogen-bond acceptors (Lipinski definition) is 7. The van der Waals surface area contributed by atoms with Crippen LogP contribution in [0.3, 0.4) is 0 Å². The molecule has 1 fully saturated rings. The molecular formula is C20H24ClFN8. The van der Waals surface area contributed by atoms with Crippen LogP contribution in [0.1, 0.15) is 11.3 Å². The van der Waals surface area contributed by atoms with Gasteiger partial charge in [0.25, 0.3) is 0 Å². The molecule has 0 saturated carbocycles. The summed E-state index contributed by atoms with van der Waals surface area (Å²) >= 11 is 6.19. The highest BCUT2D eigenvalue weighted by Gasteiger charge is 2.18. The van der Waals surface area contributed by atoms with Gasteiger partial charge in [0.2, 0.25) is 5.95 Å². The summed E-state index contributed by atoms with van der Waals surface area (Å²) in [6.07, 6.45) is 1.46. The molecule has 0 bridgehead atoms. The van der Waals surface area contributed by atoms with E-state index in [0.29, 0.717) is 22.3 Å². The second-order valence-electron chi connectivity index (χ2n) is 7.49. The number of benzene rings is 1. The van der Waals surface area contributed by atoms with Gasteiger partial charge in [-0.05, 0) is 38.6 Å². The van der Waals surface area contributed by atoms with Gasteiger partial charge in [-0.25, -0.2) is 9.37 Å². The zero-order valence-electron chi connectivity index (χ0n) is 17.1. The first-order valence-electron chi connectivity index (χ1n) is 9.71. The molecule has 0 radical (unpaired) electrons. The molecule has 3 heterocycles. The summed E-state index contributed by atoms with van der Waals surface area (Å²) in [5.41, 5.74) is 3.12. The Labute approximate surface area is 179 Å². The summed E-state index contributed by atoms with van der Waals surface area (Å²) in [5.74, 6) is 0.842. The second-order valence-corrected chi connectivity index (χ2v) is 7.89. The minimum absolute atomic E-state index is 0.236. The summed E-state index contributed by atoms with van der Waals surface area (Å²) < 4.78 is 14.9. The molecule has 30 heavy (non-hydrogen) atoms. The third-order valence-electron chi connectivity index (χ3n) is 5.07. The highest BCUT2D eigenvalue weighted by Crippen LogP contribution is 2.30. The molecule has 2 aromatic heterocycles. The van der Waals surface area contributed by atoms with Gasteiger partial charge in [-0.1, -0.05) is 11.6 Å². The maximum absolute atomic E-state index is 14.9. The van der Waals surface area contributed by atoms with Gasteiger partial charge in [0, 0.05) is 43.6 Å². The largest absolute Gasteiger partial charge is 0.369 e. The van der Waals surface area contributed by atoms with Gasteiger partial charge < -0.3 is 20.4 Å². The van der Waals surface area contributed by atoms with Gasteiger partial charge in [0.1, 0.15) is 10.8 Å². The fourth-order valence-corrected chi connectivity index (χ4v) is 3.53. The molecular weight excluding hydrogens is 407 g/mol. The Morgan fingerprint density at radius 3 is 2.57 bits per heavy atom. The predicted molar refractivity (Wildman–Crippen MR) is 118 cm³/mol. The van der Waals surface area contributed by atoms with Crippen LogP contribution in [0.5, 0.6) is 0 Å². The van der Waals surface area contributed by atoms with Crippen LogP contribution < -0.4 is 15.5 Å². The first-order valence-corrected chi connectivity index (χ1v) is 10.1. The number of nitrogens with zero attached hydrogens (tertiary/aromatic N) is 5. The van der Waals surface area contributed by atoms with Crippen LogP contribution in [0, 0.1) is 19.7 Å². The lowest BCUT2D eigenvalue weighted by Gasteiger charge is -2.35. The van der Waals surface area contributed by atoms with Gasteiger partial charge in [-0.2, -0.15) is 10.1 Å². The van der Waals surface area contributed by atoms with E-state index in [1.807, 2.05) is 19.9 Å². The normalized spacial score (nSPS) is 14.8. The fraction of sp³-hybridized carbons (Fsp3) is 0.350. The number of aryl methyl sites for hydroxylation is 2. The van der Waals surface area contributed by atoms with E-state index in [-0.39, 0.29) is 11.8 Å². The molecule has 0 spiro atoms. The van der Waals surface area contributed by atoms with Gasteiger partial charge >= 0.3 is 0 Å². The molecule has 1 saturated heterocycles. The van der Waals surface area contributed by atoms with Crippen molar-refractivity contribution in [3.05, 3.63) is 46.5 Å². The van der Waals surface area contributed by atoms with Crippen LogP contribution in [0.25, 0.3) is 0 Å². The number of aromatic amines is 1. The standard InChI is InChI=1S/C20H24ClFN8/c1-12-8-16(15(22)10-17(12)30-6-4-29(3)5-7-30)24-20-23-11-14(21)19(26-20)25-18-9-13(2)27-28-18/h8-11H,4-7H2,1-3H3,(H3,23,24,25,26,27,28). The number of anilines is 5. The highest BCUT2D eigenvalue weighted by molar-refractivity contribution is 6.32. The molecule has 158 valence electrons. The van der Waals surface area contributed by atoms with Crippen molar-refractivity contribution in [1.82, 2.24) is 25.1 Å². The number of piperazine rings is 1. The monoisotopic (exact) mass is 430 g/mol. The lowest BCUT2D eigenvalue weighted by atomic mass is 10.1. The van der Waals surface area contributed by atoms with E-state index in [9.17, 15) is 4.39 Å². The molecule has 10 heteroatoms. The zero-order valence-corrected chi connectivity index (χ0v) is 17.9. The maximum atomic E-state index is 14.9. The van der Waals surface area contributed by atoms with Crippen molar-refractivity contribution in [2.24, 2.45) is 0 Å². The van der Waals surface area contributed by atoms with Crippen molar-refractivity contribution < 1.29 is 4.39 Å². The maximum Gasteiger partial charge on any atom is 0.229 e. The molecule has 0 atom stereocenters. The molecule has 3 N–H and O–H groups in total. The van der Waals surface area contributed by atoms with Gasteiger partial charge in [-0.15, -0.1) is 0 Å². The van der Waals surface area contributed by atoms with Crippen molar-refractivity contribution >= 4 is 40.6 Å². The first-order chi connectivity index (χ1) is 14.4. The van der Waals surface area contributed by atoms with Gasteiger partial charge in [-0.3, -0.25) is 5.10 Å². The average Bonchev–Trinajstić information content (AvgIpc) is 3.12. The molecule has 1 aromatic carbocycles. The van der Waals surface area contributed by atoms with E-state index >= 15 is 0 Å². The van der Waals surface area contributed by atoms with Crippen molar-refractivity contribution in [2.75, 3.05) is 48.8 Å². The smallest absolute Gasteiger partial charge is 0.229 e. The molecule has 8 nitrogen and oxygen atoms in total. The highest BCUT2D eigenvalue weighted by atomic mass is 35.5. The lowest BCUT2D eigenvalue weighted by Crippen LogP contribution is -2.44. The number of rotatable bonds is 5. The summed E-state index contributed by atoms with van der Waals surface area (Å²) in [6.45, 7) is 7.56. The average molecular weight is 431 g/mol. The Kier molecular flexibility index (Phi) is 5.74. The number of halogens is 2. The van der Waals surface area contributed by atoms with Gasteiger partial charge in [0.15, 0.2) is 11.6 Å². The predicted octanol–water partition coefficient (Wildman–Crippen LogP) is 3.85. The van der Waals surface area contributed by atoms with Crippen molar-refractivity contribution in [1.29, 1.82) is 0 Å². The Morgan fingerprint density at radius 2 is 1.87 bits per heavy atom. The number of hydrogen-bond donors (Lipinski definition) is 3. The minimum Gasteiger partial charge on any atom is -0.369 e. The van der Waals surface area contributed by atoms with Crippen LogP contribution in [-0.2, 0) is 0 Å². The summed E-state index contributed by atoms with van der Waals surface area (Å²) in [5, 5.41) is 13.3. The SMILES string of the molecule is Cc1cc(Nc2nc(Nc3cc(C)c(N4CCN(C)CC4)cc3F)ncc2Cl)n[nH]1. The van der Waals surface area contributed by atoms with Crippen molar-refractivity contribution in [3.63, 3.8) is 0 Å². The van der Waals surface area contributed by atoms with E-state index in [0.717, 1.165) is 43.1 Å². The van der Waals surface area contributed by atoms with E-state index in [2.05, 4.69) is 47.6 Å². The minimum atomic E-state index is -0.356. The second kappa shape index (κ2) is 8.45. The van der Waals surface area contributed by atoms with Crippen LogP contribution in [0.2, 0.25) is 5.02 Å². The van der Waals surface area contributed by atoms with Crippen LogP contribution >= 0.6 is 11.6 Å². The molecule has 3 aromatic rings. The number of likely N-dealkylation sites (N-methyl/N-ethyl adjacent to an activating group) is 1. The van der Waals surface area contributed by atoms with Crippen LogP contribution in [0.4, 0.5) is 33.3 Å². The molecule has 0 unspecified atom stereocenters. The lowest BCUT2D eigenvalue weighted by molar-refractivity contribution is 0.312. The van der Waals surface area contributed by atoms with Crippen molar-refractivity contribution in [3.8, 4) is 0 Å². The quantitative estimate of drug-likeness (QED) is 0.566. The third kappa shape index (κ3) is 4.47. The van der Waals surface area contributed by atoms with E-state index in [1.54, 1.807) is 12.1 Å². The fourth-order valence-electron chi connectivity index (χ4n) is 3.39. The van der Waals surface area contributed by atoms with Gasteiger partial charge in [0.05, 0.1) is 11.9 Å². The Hall–Kier alpha value is -2.91.